The first-order valence-electron chi connectivity index (χ1n) is 8.53. The summed E-state index contributed by atoms with van der Waals surface area (Å²) in [6.45, 7) is 13.2. The Bertz CT molecular complexity index is 293. The van der Waals surface area contributed by atoms with Crippen LogP contribution in [0, 0.1) is 5.41 Å². The number of rotatable bonds is 6. The van der Waals surface area contributed by atoms with Crippen LogP contribution in [0.15, 0.2) is 0 Å². The fourth-order valence-electron chi connectivity index (χ4n) is 3.90. The van der Waals surface area contributed by atoms with Gasteiger partial charge in [0.05, 0.1) is 0 Å². The Hall–Kier alpha value is -0.120. The van der Waals surface area contributed by atoms with Crippen LogP contribution in [-0.4, -0.2) is 61.8 Å². The van der Waals surface area contributed by atoms with Gasteiger partial charge < -0.3 is 4.74 Å². The zero-order valence-electron chi connectivity index (χ0n) is 14.0. The summed E-state index contributed by atoms with van der Waals surface area (Å²) in [5, 5.41) is 0. The molecule has 3 nitrogen and oxygen atoms in total. The maximum atomic E-state index is 5.28. The lowest BCUT2D eigenvalue weighted by Gasteiger charge is -2.50. The summed E-state index contributed by atoms with van der Waals surface area (Å²) < 4.78 is 5.28. The molecular weight excluding hydrogens is 248 g/mol. The number of ether oxygens (including phenoxy) is 1. The van der Waals surface area contributed by atoms with E-state index in [9.17, 15) is 0 Å². The zero-order chi connectivity index (χ0) is 14.6. The molecule has 2 unspecified atom stereocenters. The maximum absolute atomic E-state index is 5.28. The molecule has 0 saturated carbocycles. The van der Waals surface area contributed by atoms with Gasteiger partial charge in [0.2, 0.25) is 0 Å². The summed E-state index contributed by atoms with van der Waals surface area (Å²) in [6.07, 6.45) is 6.69. The number of hydrogen-bond donors (Lipinski definition) is 0. The molecule has 0 radical (unpaired) electrons. The smallest absolute Gasteiger partial charge is 0.0467 e. The minimum absolute atomic E-state index is 0.361. The van der Waals surface area contributed by atoms with Crippen molar-refractivity contribution in [2.24, 2.45) is 5.41 Å². The van der Waals surface area contributed by atoms with Crippen LogP contribution >= 0.6 is 0 Å². The third-order valence-electron chi connectivity index (χ3n) is 5.24. The van der Waals surface area contributed by atoms with Gasteiger partial charge in [-0.3, -0.25) is 9.80 Å². The van der Waals surface area contributed by atoms with Crippen LogP contribution < -0.4 is 0 Å². The molecule has 0 N–H and O–H groups in total. The minimum atomic E-state index is 0.361. The lowest BCUT2D eigenvalue weighted by atomic mass is 9.86. The van der Waals surface area contributed by atoms with E-state index in [1.807, 2.05) is 7.11 Å². The number of methoxy groups -OCH3 is 1. The van der Waals surface area contributed by atoms with E-state index in [0.29, 0.717) is 5.41 Å². The second kappa shape index (κ2) is 7.24. The Labute approximate surface area is 125 Å². The van der Waals surface area contributed by atoms with Crippen molar-refractivity contribution in [3.63, 3.8) is 0 Å². The van der Waals surface area contributed by atoms with Gasteiger partial charge in [0.15, 0.2) is 0 Å². The molecule has 20 heavy (non-hydrogen) atoms. The van der Waals surface area contributed by atoms with Crippen LogP contribution in [0.1, 0.15) is 52.9 Å². The molecule has 2 saturated heterocycles. The Balaban J connectivity index is 1.94. The predicted molar refractivity (Wildman–Crippen MR) is 85.1 cm³/mol. The van der Waals surface area contributed by atoms with Crippen LogP contribution in [0.4, 0.5) is 0 Å². The van der Waals surface area contributed by atoms with Crippen molar-refractivity contribution in [2.45, 2.75) is 65.0 Å². The van der Waals surface area contributed by atoms with Gasteiger partial charge in [0, 0.05) is 45.4 Å². The Kier molecular flexibility index (Phi) is 5.88. The maximum Gasteiger partial charge on any atom is 0.0467 e. The molecule has 2 rings (SSSR count). The quantitative estimate of drug-likeness (QED) is 0.745. The summed E-state index contributed by atoms with van der Waals surface area (Å²) in [4.78, 5) is 5.54. The summed E-state index contributed by atoms with van der Waals surface area (Å²) in [5.74, 6) is 0. The van der Waals surface area contributed by atoms with E-state index in [1.165, 1.54) is 51.9 Å². The van der Waals surface area contributed by atoms with Crippen LogP contribution in [0.2, 0.25) is 0 Å². The number of piperidine rings is 1. The zero-order valence-corrected chi connectivity index (χ0v) is 14.0. The van der Waals surface area contributed by atoms with Crippen molar-refractivity contribution in [2.75, 3.05) is 39.9 Å². The topological polar surface area (TPSA) is 15.7 Å². The highest BCUT2D eigenvalue weighted by molar-refractivity contribution is 4.92. The first-order chi connectivity index (χ1) is 9.55. The molecule has 0 amide bonds. The fourth-order valence-corrected chi connectivity index (χ4v) is 3.90. The average molecular weight is 282 g/mol. The Morgan fingerprint density at radius 3 is 2.70 bits per heavy atom. The molecule has 0 aromatic carbocycles. The standard InChI is InChI=1S/C17H34N2O/c1-5-15-12-18-10-7-6-8-16(18)13-19(15)14-17(2,3)9-11-20-4/h15-16H,5-14H2,1-4H3. The van der Waals surface area contributed by atoms with E-state index >= 15 is 0 Å². The average Bonchev–Trinajstić information content (AvgIpc) is 2.44. The minimum Gasteiger partial charge on any atom is -0.385 e. The van der Waals surface area contributed by atoms with Gasteiger partial charge in [-0.05, 0) is 37.6 Å². The molecule has 0 aliphatic carbocycles. The number of nitrogens with zero attached hydrogens (tertiary/aromatic N) is 2. The van der Waals surface area contributed by atoms with Crippen molar-refractivity contribution in [1.29, 1.82) is 0 Å². The third kappa shape index (κ3) is 4.19. The second-order valence-electron chi connectivity index (χ2n) is 7.54. The van der Waals surface area contributed by atoms with E-state index in [4.69, 9.17) is 4.74 Å². The van der Waals surface area contributed by atoms with Crippen molar-refractivity contribution in [1.82, 2.24) is 9.80 Å². The van der Waals surface area contributed by atoms with Crippen molar-refractivity contribution in [3.8, 4) is 0 Å². The molecule has 2 aliphatic rings. The summed E-state index contributed by atoms with van der Waals surface area (Å²) >= 11 is 0. The van der Waals surface area contributed by atoms with E-state index in [0.717, 1.165) is 25.1 Å². The fraction of sp³-hybridized carbons (Fsp3) is 1.00. The lowest BCUT2D eigenvalue weighted by molar-refractivity contribution is -0.0134. The van der Waals surface area contributed by atoms with Crippen LogP contribution in [0.3, 0.4) is 0 Å². The monoisotopic (exact) mass is 282 g/mol. The van der Waals surface area contributed by atoms with Crippen LogP contribution in [-0.2, 0) is 4.74 Å². The SMILES string of the molecule is CCC1CN2CCCCC2CN1CC(C)(C)CCOC. The molecule has 118 valence electrons. The summed E-state index contributed by atoms with van der Waals surface area (Å²) in [5.41, 5.74) is 0.361. The summed E-state index contributed by atoms with van der Waals surface area (Å²) in [6, 6.07) is 1.58. The van der Waals surface area contributed by atoms with Gasteiger partial charge in [-0.25, -0.2) is 0 Å². The third-order valence-corrected chi connectivity index (χ3v) is 5.24. The molecule has 0 spiro atoms. The highest BCUT2D eigenvalue weighted by Gasteiger charge is 2.36. The van der Waals surface area contributed by atoms with Gasteiger partial charge in [-0.15, -0.1) is 0 Å². The van der Waals surface area contributed by atoms with Crippen molar-refractivity contribution >= 4 is 0 Å². The number of hydrogen-bond acceptors (Lipinski definition) is 3. The lowest BCUT2D eigenvalue weighted by Crippen LogP contribution is -2.60. The molecular formula is C17H34N2O. The first kappa shape index (κ1) is 16.3. The predicted octanol–water partition coefficient (Wildman–Crippen LogP) is 3.00. The van der Waals surface area contributed by atoms with E-state index in [1.54, 1.807) is 0 Å². The van der Waals surface area contributed by atoms with E-state index in [-0.39, 0.29) is 0 Å². The van der Waals surface area contributed by atoms with E-state index < -0.39 is 0 Å². The van der Waals surface area contributed by atoms with E-state index in [2.05, 4.69) is 30.6 Å². The van der Waals surface area contributed by atoms with Gasteiger partial charge in [-0.2, -0.15) is 0 Å². The normalized spacial score (nSPS) is 29.4. The molecule has 0 bridgehead atoms. The first-order valence-corrected chi connectivity index (χ1v) is 8.53. The Morgan fingerprint density at radius 1 is 1.20 bits per heavy atom. The number of piperazine rings is 1. The molecule has 2 atom stereocenters. The van der Waals surface area contributed by atoms with Crippen molar-refractivity contribution in [3.05, 3.63) is 0 Å². The highest BCUT2D eigenvalue weighted by Crippen LogP contribution is 2.29. The van der Waals surface area contributed by atoms with Crippen LogP contribution in [0.25, 0.3) is 0 Å². The molecule has 2 fully saturated rings. The van der Waals surface area contributed by atoms with Crippen molar-refractivity contribution < 1.29 is 4.74 Å². The molecule has 0 aromatic rings. The second-order valence-corrected chi connectivity index (χ2v) is 7.54. The van der Waals surface area contributed by atoms with Gasteiger partial charge in [0.25, 0.3) is 0 Å². The van der Waals surface area contributed by atoms with Crippen LogP contribution in [0.5, 0.6) is 0 Å². The molecule has 3 heteroatoms. The molecule has 0 aromatic heterocycles. The van der Waals surface area contributed by atoms with Gasteiger partial charge in [-0.1, -0.05) is 27.2 Å². The van der Waals surface area contributed by atoms with Gasteiger partial charge >= 0.3 is 0 Å². The summed E-state index contributed by atoms with van der Waals surface area (Å²) in [7, 11) is 1.81. The van der Waals surface area contributed by atoms with Gasteiger partial charge in [0.1, 0.15) is 0 Å². The molecule has 2 aliphatic heterocycles. The largest absolute Gasteiger partial charge is 0.385 e. The molecule has 2 heterocycles. The highest BCUT2D eigenvalue weighted by atomic mass is 16.5. The number of fused-ring (bicyclic) bond motifs is 1. The Morgan fingerprint density at radius 2 is 2.00 bits per heavy atom.